The predicted molar refractivity (Wildman–Crippen MR) is 122 cm³/mol. The normalized spacial score (nSPS) is 20.5. The minimum atomic E-state index is -1.20. The summed E-state index contributed by atoms with van der Waals surface area (Å²) in [5.41, 5.74) is 6.38. The number of nitrogen functional groups attached to an aromatic ring is 1. The highest BCUT2D eigenvalue weighted by molar-refractivity contribution is 8.01. The van der Waals surface area contributed by atoms with E-state index in [0.29, 0.717) is 28.7 Å². The van der Waals surface area contributed by atoms with Gasteiger partial charge >= 0.3 is 5.97 Å². The molecule has 33 heavy (non-hydrogen) atoms. The summed E-state index contributed by atoms with van der Waals surface area (Å²) < 4.78 is 5.56. The average Bonchev–Trinajstić information content (AvgIpc) is 3.40. The van der Waals surface area contributed by atoms with Gasteiger partial charge in [0.25, 0.3) is 11.8 Å². The van der Waals surface area contributed by atoms with Crippen molar-refractivity contribution in [2.24, 2.45) is 7.05 Å². The number of nitrogens with zero attached hydrogens (tertiary/aromatic N) is 7. The van der Waals surface area contributed by atoms with Gasteiger partial charge in [0.1, 0.15) is 17.1 Å². The number of fused-ring (bicyclic) bond motifs is 1. The van der Waals surface area contributed by atoms with E-state index in [4.69, 9.17) is 5.73 Å². The second kappa shape index (κ2) is 9.48. The topological polar surface area (TPSA) is 182 Å². The fraction of sp³-hybridized carbons (Fsp3) is 0.412. The van der Waals surface area contributed by atoms with Crippen LogP contribution in [0.3, 0.4) is 0 Å². The fourth-order valence-electron chi connectivity index (χ4n) is 3.34. The van der Waals surface area contributed by atoms with Crippen LogP contribution in [0.15, 0.2) is 22.5 Å². The summed E-state index contributed by atoms with van der Waals surface area (Å²) in [7, 11) is 1.68. The van der Waals surface area contributed by atoms with Crippen LogP contribution in [0, 0.1) is 0 Å². The predicted octanol–water partition coefficient (Wildman–Crippen LogP) is -0.0319. The lowest BCUT2D eigenvalue weighted by molar-refractivity contribution is -0.150. The zero-order chi connectivity index (χ0) is 23.7. The van der Waals surface area contributed by atoms with Gasteiger partial charge in [-0.1, -0.05) is 24.8 Å². The van der Waals surface area contributed by atoms with Crippen LogP contribution in [0.2, 0.25) is 0 Å². The number of nitrogens with one attached hydrogen (secondary N) is 1. The van der Waals surface area contributed by atoms with Gasteiger partial charge < -0.3 is 16.2 Å². The second-order valence-electron chi connectivity index (χ2n) is 6.97. The highest BCUT2D eigenvalue weighted by Crippen LogP contribution is 2.41. The van der Waals surface area contributed by atoms with Gasteiger partial charge in [-0.25, -0.2) is 9.48 Å². The van der Waals surface area contributed by atoms with Gasteiger partial charge in [0.15, 0.2) is 11.0 Å². The van der Waals surface area contributed by atoms with Crippen LogP contribution in [0.4, 0.5) is 5.13 Å². The number of carbonyl (C=O) groups excluding carboxylic acids is 2. The van der Waals surface area contributed by atoms with Crippen molar-refractivity contribution in [2.75, 3.05) is 17.2 Å². The van der Waals surface area contributed by atoms with E-state index < -0.39 is 29.2 Å². The summed E-state index contributed by atoms with van der Waals surface area (Å²) in [6.45, 7) is 1.86. The van der Waals surface area contributed by atoms with Crippen LogP contribution in [0.25, 0.3) is 5.57 Å². The number of carbonyl (C=O) groups is 3. The SMILES string of the molecule is CC/C=C(\C(=O)NC1C(=O)N2C(C(=O)O)=C(CSc3nnnn3C)CS[C@@H]12)c1nsc(N)n1. The van der Waals surface area contributed by atoms with Crippen LogP contribution in [0.5, 0.6) is 0 Å². The Bertz CT molecular complexity index is 1170. The van der Waals surface area contributed by atoms with Crippen molar-refractivity contribution in [2.45, 2.75) is 29.9 Å². The molecule has 1 unspecified atom stereocenters. The maximum atomic E-state index is 12.9. The molecule has 2 atom stereocenters. The molecular formula is C17H19N9O4S3. The molecule has 4 N–H and O–H groups in total. The highest BCUT2D eigenvalue weighted by atomic mass is 32.2. The Balaban J connectivity index is 1.49. The molecule has 4 heterocycles. The zero-order valence-electron chi connectivity index (χ0n) is 17.5. The molecule has 13 nitrogen and oxygen atoms in total. The Morgan fingerprint density at radius 1 is 1.42 bits per heavy atom. The lowest BCUT2D eigenvalue weighted by Gasteiger charge is -2.49. The lowest BCUT2D eigenvalue weighted by atomic mass is 10.0. The molecule has 2 aromatic heterocycles. The molecule has 1 saturated heterocycles. The van der Waals surface area contributed by atoms with Crippen molar-refractivity contribution in [1.29, 1.82) is 0 Å². The summed E-state index contributed by atoms with van der Waals surface area (Å²) >= 11 is 3.65. The van der Waals surface area contributed by atoms with Gasteiger partial charge in [0.05, 0.1) is 5.57 Å². The first-order valence-corrected chi connectivity index (χ1v) is 12.5. The summed E-state index contributed by atoms with van der Waals surface area (Å²) in [5.74, 6) is -1.29. The number of aromatic nitrogens is 6. The van der Waals surface area contributed by atoms with Crippen molar-refractivity contribution in [1.82, 2.24) is 39.8 Å². The third-order valence-electron chi connectivity index (χ3n) is 4.83. The summed E-state index contributed by atoms with van der Waals surface area (Å²) in [4.78, 5) is 43.0. The molecule has 0 saturated carbocycles. The number of aliphatic carboxylic acids is 1. The standard InChI is InChI=1S/C17H19N9O4S3/c1-3-4-8(11-20-16(18)33-22-11)12(27)19-9-13(28)26-10(15(29)30)7(5-31-14(9)26)6-32-17-21-23-24-25(17)2/h4,9,14H,3,5-6H2,1-2H3,(H,19,27)(H,29,30)(H2,18,20,22)/b8-4-/t9?,14-/m0/s1. The quantitative estimate of drug-likeness (QED) is 0.246. The third kappa shape index (κ3) is 4.45. The lowest BCUT2D eigenvalue weighted by Crippen LogP contribution is -2.70. The van der Waals surface area contributed by atoms with Crippen molar-refractivity contribution < 1.29 is 19.5 Å². The number of amides is 2. The number of nitrogens with two attached hydrogens (primary N) is 1. The van der Waals surface area contributed by atoms with E-state index in [2.05, 4.69) is 30.2 Å². The molecule has 0 aliphatic carbocycles. The first-order valence-electron chi connectivity index (χ1n) is 9.67. The van der Waals surface area contributed by atoms with E-state index in [1.807, 2.05) is 6.92 Å². The Morgan fingerprint density at radius 2 is 2.21 bits per heavy atom. The van der Waals surface area contributed by atoms with Gasteiger partial charge in [-0.05, 0) is 22.4 Å². The number of allylic oxidation sites excluding steroid dienone is 1. The number of carboxylic acid groups (broad SMARTS) is 1. The summed E-state index contributed by atoms with van der Waals surface area (Å²) in [5, 5.41) is 23.9. The maximum Gasteiger partial charge on any atom is 0.352 e. The highest BCUT2D eigenvalue weighted by Gasteiger charge is 2.54. The van der Waals surface area contributed by atoms with E-state index in [0.717, 1.165) is 11.5 Å². The van der Waals surface area contributed by atoms with Crippen LogP contribution in [-0.2, 0) is 21.4 Å². The average molecular weight is 510 g/mol. The first kappa shape index (κ1) is 23.2. The summed E-state index contributed by atoms with van der Waals surface area (Å²) in [6, 6.07) is -0.856. The smallest absolute Gasteiger partial charge is 0.352 e. The monoisotopic (exact) mass is 509 g/mol. The molecule has 16 heteroatoms. The maximum absolute atomic E-state index is 12.9. The number of hydrogen-bond donors (Lipinski definition) is 3. The molecule has 2 aliphatic rings. The van der Waals surface area contributed by atoms with E-state index in [1.165, 1.54) is 33.1 Å². The molecule has 0 spiro atoms. The number of anilines is 1. The number of β-lactam (4-membered cyclic amide) rings is 1. The van der Waals surface area contributed by atoms with E-state index in [1.54, 1.807) is 13.1 Å². The van der Waals surface area contributed by atoms with E-state index in [-0.39, 0.29) is 22.2 Å². The molecule has 0 bridgehead atoms. The third-order valence-corrected chi connectivity index (χ3v) is 7.81. The first-order chi connectivity index (χ1) is 15.8. The summed E-state index contributed by atoms with van der Waals surface area (Å²) in [6.07, 6.45) is 2.21. The Kier molecular flexibility index (Phi) is 6.66. The number of aryl methyl sites for hydroxylation is 1. The Hall–Kier alpha value is -2.98. The number of thioether (sulfide) groups is 2. The largest absolute Gasteiger partial charge is 0.477 e. The van der Waals surface area contributed by atoms with Gasteiger partial charge in [0.2, 0.25) is 5.16 Å². The number of tetrazole rings is 1. The van der Waals surface area contributed by atoms with Crippen LogP contribution in [0.1, 0.15) is 19.2 Å². The van der Waals surface area contributed by atoms with E-state index >= 15 is 0 Å². The van der Waals surface area contributed by atoms with Crippen molar-refractivity contribution in [3.8, 4) is 0 Å². The fourth-order valence-corrected chi connectivity index (χ4v) is 6.12. The molecule has 2 aliphatic heterocycles. The van der Waals surface area contributed by atoms with E-state index in [9.17, 15) is 19.5 Å². The Morgan fingerprint density at radius 3 is 2.82 bits per heavy atom. The molecule has 1 fully saturated rings. The number of hydrogen-bond acceptors (Lipinski definition) is 12. The second-order valence-corrected chi connectivity index (χ2v) is 9.81. The van der Waals surface area contributed by atoms with Crippen molar-refractivity contribution >= 4 is 63.5 Å². The minimum Gasteiger partial charge on any atom is -0.477 e. The van der Waals surface area contributed by atoms with Crippen LogP contribution >= 0.6 is 35.1 Å². The number of rotatable bonds is 8. The van der Waals surface area contributed by atoms with Gasteiger partial charge in [0, 0.05) is 30.1 Å². The zero-order valence-corrected chi connectivity index (χ0v) is 19.9. The van der Waals surface area contributed by atoms with Gasteiger partial charge in [-0.2, -0.15) is 9.36 Å². The molecular weight excluding hydrogens is 490 g/mol. The molecule has 0 aromatic carbocycles. The van der Waals surface area contributed by atoms with Crippen molar-refractivity contribution in [3.05, 3.63) is 23.2 Å². The number of carboxylic acids is 1. The minimum absolute atomic E-state index is 0.0601. The molecule has 2 amide bonds. The molecule has 4 rings (SSSR count). The molecule has 2 aromatic rings. The van der Waals surface area contributed by atoms with Crippen LogP contribution in [-0.4, -0.2) is 80.3 Å². The van der Waals surface area contributed by atoms with Crippen molar-refractivity contribution in [3.63, 3.8) is 0 Å². The Labute approximate surface area is 200 Å². The van der Waals surface area contributed by atoms with Gasteiger partial charge in [-0.15, -0.1) is 16.9 Å². The van der Waals surface area contributed by atoms with Crippen LogP contribution < -0.4 is 11.1 Å². The van der Waals surface area contributed by atoms with Gasteiger partial charge in [-0.3, -0.25) is 14.5 Å². The molecule has 174 valence electrons. The molecule has 0 radical (unpaired) electrons.